The van der Waals surface area contributed by atoms with E-state index in [9.17, 15) is 8.42 Å². The summed E-state index contributed by atoms with van der Waals surface area (Å²) in [6, 6.07) is 14.0. The van der Waals surface area contributed by atoms with Crippen LogP contribution >= 0.6 is 0 Å². The third-order valence-corrected chi connectivity index (χ3v) is 4.50. The largest absolute Gasteiger partial charge is 0.370 e. The van der Waals surface area contributed by atoms with E-state index in [2.05, 4.69) is 15.3 Å². The summed E-state index contributed by atoms with van der Waals surface area (Å²) >= 11 is 0. The fourth-order valence-electron chi connectivity index (χ4n) is 2.33. The number of aromatic nitrogens is 2. The molecule has 0 bridgehead atoms. The Balaban J connectivity index is 2.32. The molecule has 2 aromatic carbocycles. The standard InChI is InChI=1S/C16H15N5O2S/c1-24(22,23)11-7-8-13-12(9-11)14(10-5-3-2-4-6-10)20-16(19-13)21-15(17)18/h2-9H,1H3,(H4,17,18,19,20,21). The lowest BCUT2D eigenvalue weighted by molar-refractivity contribution is 0.602. The van der Waals surface area contributed by atoms with E-state index in [1.54, 1.807) is 12.1 Å². The van der Waals surface area contributed by atoms with Crippen LogP contribution in [0.4, 0.5) is 5.95 Å². The average molecular weight is 341 g/mol. The maximum Gasteiger partial charge on any atom is 0.230 e. The molecule has 122 valence electrons. The minimum atomic E-state index is -3.35. The van der Waals surface area contributed by atoms with Gasteiger partial charge in [-0.15, -0.1) is 0 Å². The lowest BCUT2D eigenvalue weighted by atomic mass is 10.1. The second-order valence-corrected chi connectivity index (χ2v) is 7.27. The number of hydrogen-bond donors (Lipinski definition) is 3. The van der Waals surface area contributed by atoms with Crippen molar-refractivity contribution >= 4 is 32.6 Å². The number of anilines is 1. The van der Waals surface area contributed by atoms with Gasteiger partial charge in [0.1, 0.15) is 0 Å². The van der Waals surface area contributed by atoms with Crippen molar-refractivity contribution in [3.05, 3.63) is 48.5 Å². The van der Waals surface area contributed by atoms with Gasteiger partial charge >= 0.3 is 0 Å². The third kappa shape index (κ3) is 3.18. The fourth-order valence-corrected chi connectivity index (χ4v) is 2.98. The van der Waals surface area contributed by atoms with E-state index in [1.807, 2.05) is 30.3 Å². The predicted molar refractivity (Wildman–Crippen MR) is 93.6 cm³/mol. The van der Waals surface area contributed by atoms with E-state index in [-0.39, 0.29) is 16.8 Å². The van der Waals surface area contributed by atoms with E-state index in [1.165, 1.54) is 6.07 Å². The van der Waals surface area contributed by atoms with Gasteiger partial charge < -0.3 is 5.73 Å². The van der Waals surface area contributed by atoms with E-state index in [4.69, 9.17) is 11.1 Å². The first-order valence-electron chi connectivity index (χ1n) is 7.03. The third-order valence-electron chi connectivity index (χ3n) is 3.39. The van der Waals surface area contributed by atoms with Crippen LogP contribution in [0.15, 0.2) is 53.4 Å². The maximum atomic E-state index is 11.8. The van der Waals surface area contributed by atoms with E-state index < -0.39 is 9.84 Å². The molecule has 4 N–H and O–H groups in total. The summed E-state index contributed by atoms with van der Waals surface area (Å²) in [6.07, 6.45) is 1.16. The van der Waals surface area contributed by atoms with Gasteiger partial charge in [0.2, 0.25) is 5.95 Å². The number of sulfone groups is 1. The molecule has 0 spiro atoms. The van der Waals surface area contributed by atoms with E-state index in [0.717, 1.165) is 11.8 Å². The van der Waals surface area contributed by atoms with Gasteiger partial charge in [0.15, 0.2) is 15.8 Å². The highest BCUT2D eigenvalue weighted by Gasteiger charge is 2.14. The molecule has 24 heavy (non-hydrogen) atoms. The molecule has 0 aliphatic carbocycles. The number of rotatable bonds is 3. The predicted octanol–water partition coefficient (Wildman–Crippen LogP) is 2.01. The van der Waals surface area contributed by atoms with Crippen LogP contribution in [0.1, 0.15) is 0 Å². The first-order valence-corrected chi connectivity index (χ1v) is 8.92. The van der Waals surface area contributed by atoms with Gasteiger partial charge in [-0.25, -0.2) is 18.4 Å². The van der Waals surface area contributed by atoms with Gasteiger partial charge in [-0.05, 0) is 18.2 Å². The summed E-state index contributed by atoms with van der Waals surface area (Å²) in [5.74, 6) is -0.0953. The molecule has 3 rings (SSSR count). The molecule has 0 radical (unpaired) electrons. The van der Waals surface area contributed by atoms with Crippen molar-refractivity contribution in [1.29, 1.82) is 5.41 Å². The molecule has 0 fully saturated rings. The molecule has 0 atom stereocenters. The molecule has 1 heterocycles. The molecule has 0 aliphatic rings. The quantitative estimate of drug-likeness (QED) is 0.495. The second kappa shape index (κ2) is 5.89. The Morgan fingerprint density at radius 1 is 1.12 bits per heavy atom. The molecule has 3 aromatic rings. The zero-order valence-electron chi connectivity index (χ0n) is 12.8. The molecular weight excluding hydrogens is 326 g/mol. The van der Waals surface area contributed by atoms with Gasteiger partial charge in [0.25, 0.3) is 0 Å². The van der Waals surface area contributed by atoms with Crippen molar-refractivity contribution in [2.45, 2.75) is 4.90 Å². The molecule has 0 amide bonds. The zero-order chi connectivity index (χ0) is 17.3. The van der Waals surface area contributed by atoms with Gasteiger partial charge in [0, 0.05) is 17.2 Å². The van der Waals surface area contributed by atoms with Crippen LogP contribution in [0.3, 0.4) is 0 Å². The Bertz CT molecular complexity index is 1030. The number of nitrogens with zero attached hydrogens (tertiary/aromatic N) is 2. The minimum Gasteiger partial charge on any atom is -0.370 e. The Kier molecular flexibility index (Phi) is 3.90. The zero-order valence-corrected chi connectivity index (χ0v) is 13.6. The number of guanidine groups is 1. The van der Waals surface area contributed by atoms with E-state index >= 15 is 0 Å². The van der Waals surface area contributed by atoms with Crippen molar-refractivity contribution in [1.82, 2.24) is 9.97 Å². The second-order valence-electron chi connectivity index (χ2n) is 5.25. The van der Waals surface area contributed by atoms with Crippen LogP contribution in [-0.2, 0) is 9.84 Å². The molecule has 7 nitrogen and oxygen atoms in total. The van der Waals surface area contributed by atoms with Gasteiger partial charge in [-0.1, -0.05) is 30.3 Å². The summed E-state index contributed by atoms with van der Waals surface area (Å²) in [7, 11) is -3.35. The van der Waals surface area contributed by atoms with Gasteiger partial charge in [-0.2, -0.15) is 0 Å². The summed E-state index contributed by atoms with van der Waals surface area (Å²) in [5, 5.41) is 10.5. The number of nitrogens with one attached hydrogen (secondary N) is 2. The number of nitrogens with two attached hydrogens (primary N) is 1. The Morgan fingerprint density at radius 2 is 1.83 bits per heavy atom. The van der Waals surface area contributed by atoms with Crippen LogP contribution in [0, 0.1) is 5.41 Å². The molecule has 0 saturated heterocycles. The van der Waals surface area contributed by atoms with Crippen molar-refractivity contribution < 1.29 is 8.42 Å². The SMILES string of the molecule is CS(=O)(=O)c1ccc2nc(NC(=N)N)nc(-c3ccccc3)c2c1. The molecular formula is C16H15N5O2S. The number of benzene rings is 2. The molecule has 8 heteroatoms. The highest BCUT2D eigenvalue weighted by Crippen LogP contribution is 2.29. The highest BCUT2D eigenvalue weighted by atomic mass is 32.2. The summed E-state index contributed by atoms with van der Waals surface area (Å²) in [5.41, 5.74) is 7.28. The number of hydrogen-bond acceptors (Lipinski definition) is 5. The first kappa shape index (κ1) is 15.9. The summed E-state index contributed by atoms with van der Waals surface area (Å²) < 4.78 is 23.7. The molecule has 1 aromatic heterocycles. The smallest absolute Gasteiger partial charge is 0.230 e. The molecule has 0 aliphatic heterocycles. The summed E-state index contributed by atoms with van der Waals surface area (Å²) in [4.78, 5) is 8.88. The monoisotopic (exact) mass is 341 g/mol. The fraction of sp³-hybridized carbons (Fsp3) is 0.0625. The maximum absolute atomic E-state index is 11.8. The highest BCUT2D eigenvalue weighted by molar-refractivity contribution is 7.90. The normalized spacial score (nSPS) is 11.4. The number of fused-ring (bicyclic) bond motifs is 1. The molecule has 0 unspecified atom stereocenters. The lowest BCUT2D eigenvalue weighted by Crippen LogP contribution is -2.22. The van der Waals surface area contributed by atoms with Gasteiger partial charge in [0.05, 0.1) is 16.1 Å². The van der Waals surface area contributed by atoms with Gasteiger partial charge in [-0.3, -0.25) is 10.7 Å². The van der Waals surface area contributed by atoms with Crippen LogP contribution in [-0.4, -0.2) is 30.6 Å². The minimum absolute atomic E-state index is 0.181. The Morgan fingerprint density at radius 3 is 2.46 bits per heavy atom. The Hall–Kier alpha value is -3.00. The summed E-state index contributed by atoms with van der Waals surface area (Å²) in [6.45, 7) is 0. The van der Waals surface area contributed by atoms with Crippen molar-refractivity contribution in [3.63, 3.8) is 0 Å². The van der Waals surface area contributed by atoms with Crippen LogP contribution in [0.2, 0.25) is 0 Å². The van der Waals surface area contributed by atoms with Crippen molar-refractivity contribution in [2.75, 3.05) is 11.6 Å². The Labute approximate surface area is 139 Å². The lowest BCUT2D eigenvalue weighted by Gasteiger charge is -2.10. The van der Waals surface area contributed by atoms with Crippen LogP contribution in [0.25, 0.3) is 22.2 Å². The van der Waals surface area contributed by atoms with Crippen molar-refractivity contribution in [3.8, 4) is 11.3 Å². The topological polar surface area (TPSA) is 122 Å². The first-order chi connectivity index (χ1) is 11.3. The van der Waals surface area contributed by atoms with E-state index in [0.29, 0.717) is 16.6 Å². The average Bonchev–Trinajstić information content (AvgIpc) is 2.53. The van der Waals surface area contributed by atoms with Crippen LogP contribution < -0.4 is 11.1 Å². The van der Waals surface area contributed by atoms with Crippen molar-refractivity contribution in [2.24, 2.45) is 5.73 Å². The molecule has 0 saturated carbocycles. The van der Waals surface area contributed by atoms with Crippen LogP contribution in [0.5, 0.6) is 0 Å².